The maximum absolute atomic E-state index is 11.2. The van der Waals surface area contributed by atoms with Gasteiger partial charge in [0.05, 0.1) is 5.69 Å². The minimum absolute atomic E-state index is 0.129. The maximum Gasteiger partial charge on any atom is 0.271 e. The molecule has 0 spiro atoms. The van der Waals surface area contributed by atoms with Gasteiger partial charge < -0.3 is 5.73 Å². The summed E-state index contributed by atoms with van der Waals surface area (Å²) in [6.07, 6.45) is 1.98. The normalized spacial score (nSPS) is 11.1. The van der Waals surface area contributed by atoms with Crippen molar-refractivity contribution in [1.29, 1.82) is 0 Å². The van der Waals surface area contributed by atoms with Crippen LogP contribution in [0.25, 0.3) is 0 Å². The van der Waals surface area contributed by atoms with Crippen LogP contribution in [-0.2, 0) is 0 Å². The highest BCUT2D eigenvalue weighted by atomic mass is 16.1. The van der Waals surface area contributed by atoms with Gasteiger partial charge in [-0.25, -0.2) is 0 Å². The zero-order valence-electron chi connectivity index (χ0n) is 11.1. The van der Waals surface area contributed by atoms with Crippen LogP contribution in [0.15, 0.2) is 10.3 Å². The number of hydrogen-bond acceptors (Lipinski definition) is 4. The molecule has 0 aliphatic heterocycles. The van der Waals surface area contributed by atoms with Gasteiger partial charge in [-0.2, -0.15) is 5.10 Å². The lowest BCUT2D eigenvalue weighted by molar-refractivity contribution is 0.0996. The molecule has 1 heterocycles. The molecule has 0 fully saturated rings. The van der Waals surface area contributed by atoms with Crippen molar-refractivity contribution in [2.45, 2.75) is 33.6 Å². The summed E-state index contributed by atoms with van der Waals surface area (Å²) in [5, 5.41) is 16.6. The predicted octanol–water partition coefficient (Wildman–Crippen LogP) is 1.94. The summed E-state index contributed by atoms with van der Waals surface area (Å²) in [7, 11) is 0. The minimum Gasteiger partial charge on any atom is -0.364 e. The molecule has 7 nitrogen and oxygen atoms in total. The van der Waals surface area contributed by atoms with Crippen molar-refractivity contribution < 1.29 is 4.79 Å². The number of nitrogens with one attached hydrogen (secondary N) is 1. The van der Waals surface area contributed by atoms with E-state index in [2.05, 4.69) is 34.4 Å². The molecule has 1 rings (SSSR count). The molecule has 0 aliphatic carbocycles. The van der Waals surface area contributed by atoms with Crippen molar-refractivity contribution in [1.82, 2.24) is 15.2 Å². The number of primary amides is 1. The van der Waals surface area contributed by atoms with Crippen LogP contribution in [-0.4, -0.2) is 34.2 Å². The first-order chi connectivity index (χ1) is 8.60. The highest BCUT2D eigenvalue weighted by Gasteiger charge is 2.14. The van der Waals surface area contributed by atoms with E-state index in [-0.39, 0.29) is 5.69 Å². The fourth-order valence-corrected chi connectivity index (χ4v) is 1.54. The third-order valence-corrected chi connectivity index (χ3v) is 2.38. The Hall–Kier alpha value is -1.92. The second-order valence-electron chi connectivity index (χ2n) is 4.05. The molecule has 3 N–H and O–H groups in total. The molecular weight excluding hydrogens is 232 g/mol. The van der Waals surface area contributed by atoms with E-state index in [1.54, 1.807) is 6.92 Å². The fourth-order valence-electron chi connectivity index (χ4n) is 1.54. The summed E-state index contributed by atoms with van der Waals surface area (Å²) in [4.78, 5) is 11.2. The predicted molar refractivity (Wildman–Crippen MR) is 68.5 cm³/mol. The van der Waals surface area contributed by atoms with Crippen LogP contribution in [0.4, 0.5) is 5.69 Å². The van der Waals surface area contributed by atoms with Crippen LogP contribution in [0.5, 0.6) is 0 Å². The molecule has 1 aromatic rings. The van der Waals surface area contributed by atoms with Gasteiger partial charge in [-0.1, -0.05) is 19.1 Å². The number of nitrogens with two attached hydrogens (primary N) is 1. The standard InChI is InChI=1S/C11H20N6O/c1-4-6-17(7-5-2)16-15-9-8(3)13-14-10(9)11(12)18/h4-7H2,1-3H3,(H2,12,18)(H,13,14). The highest BCUT2D eigenvalue weighted by Crippen LogP contribution is 2.21. The lowest BCUT2D eigenvalue weighted by atomic mass is 10.3. The van der Waals surface area contributed by atoms with Gasteiger partial charge in [-0.15, -0.1) is 5.11 Å². The fraction of sp³-hybridized carbons (Fsp3) is 0.636. The molecule has 0 atom stereocenters. The lowest BCUT2D eigenvalue weighted by Gasteiger charge is -2.14. The molecule has 0 aromatic carbocycles. The van der Waals surface area contributed by atoms with E-state index >= 15 is 0 Å². The largest absolute Gasteiger partial charge is 0.364 e. The van der Waals surface area contributed by atoms with Crippen LogP contribution in [0.1, 0.15) is 42.9 Å². The van der Waals surface area contributed by atoms with E-state index in [0.29, 0.717) is 11.4 Å². The molecule has 7 heteroatoms. The number of aromatic nitrogens is 2. The molecule has 0 aliphatic rings. The van der Waals surface area contributed by atoms with E-state index in [1.807, 2.05) is 5.01 Å². The van der Waals surface area contributed by atoms with Crippen molar-refractivity contribution in [2.24, 2.45) is 16.1 Å². The maximum atomic E-state index is 11.2. The zero-order chi connectivity index (χ0) is 13.5. The number of H-pyrrole nitrogens is 1. The topological polar surface area (TPSA) is 99.7 Å². The van der Waals surface area contributed by atoms with Gasteiger partial charge in [0.15, 0.2) is 5.69 Å². The second kappa shape index (κ2) is 6.73. The Morgan fingerprint density at radius 3 is 2.50 bits per heavy atom. The molecule has 0 bridgehead atoms. The van der Waals surface area contributed by atoms with Crippen molar-refractivity contribution in [2.75, 3.05) is 13.1 Å². The van der Waals surface area contributed by atoms with Crippen LogP contribution in [0, 0.1) is 6.92 Å². The number of aromatic amines is 1. The van der Waals surface area contributed by atoms with Gasteiger partial charge in [-0.3, -0.25) is 14.9 Å². The molecule has 18 heavy (non-hydrogen) atoms. The summed E-state index contributed by atoms with van der Waals surface area (Å²) in [5.74, 6) is -0.606. The first-order valence-electron chi connectivity index (χ1n) is 6.11. The number of amides is 1. The summed E-state index contributed by atoms with van der Waals surface area (Å²) < 4.78 is 0. The number of hydrogen-bond donors (Lipinski definition) is 2. The summed E-state index contributed by atoms with van der Waals surface area (Å²) >= 11 is 0. The van der Waals surface area contributed by atoms with Crippen molar-refractivity contribution in [3.05, 3.63) is 11.4 Å². The SMILES string of the molecule is CCCN(CCC)N=Nc1c(C(N)=O)n[nH]c1C. The lowest BCUT2D eigenvalue weighted by Crippen LogP contribution is -2.18. The number of nitrogens with zero attached hydrogens (tertiary/aromatic N) is 4. The molecule has 1 aromatic heterocycles. The molecular formula is C11H20N6O. The number of carbonyl (C=O) groups is 1. The highest BCUT2D eigenvalue weighted by molar-refractivity contribution is 5.96. The first kappa shape index (κ1) is 14.1. The van der Waals surface area contributed by atoms with Crippen LogP contribution < -0.4 is 5.73 Å². The zero-order valence-corrected chi connectivity index (χ0v) is 11.1. The molecule has 0 unspecified atom stereocenters. The molecule has 100 valence electrons. The number of carbonyl (C=O) groups excluding carboxylic acids is 1. The Kier molecular flexibility index (Phi) is 5.29. The van der Waals surface area contributed by atoms with E-state index in [0.717, 1.165) is 25.9 Å². The quantitative estimate of drug-likeness (QED) is 0.572. The Balaban J connectivity index is 2.87. The van der Waals surface area contributed by atoms with Gasteiger partial charge in [0.1, 0.15) is 5.69 Å². The smallest absolute Gasteiger partial charge is 0.271 e. The second-order valence-corrected chi connectivity index (χ2v) is 4.05. The minimum atomic E-state index is -0.606. The van der Waals surface area contributed by atoms with Gasteiger partial charge >= 0.3 is 0 Å². The Bertz CT molecular complexity index is 419. The van der Waals surface area contributed by atoms with Crippen LogP contribution in [0.3, 0.4) is 0 Å². The Morgan fingerprint density at radius 2 is 2.00 bits per heavy atom. The van der Waals surface area contributed by atoms with Crippen molar-refractivity contribution in [3.63, 3.8) is 0 Å². The van der Waals surface area contributed by atoms with E-state index in [4.69, 9.17) is 5.73 Å². The number of rotatable bonds is 7. The average Bonchev–Trinajstić information content (AvgIpc) is 2.68. The summed E-state index contributed by atoms with van der Waals surface area (Å²) in [6.45, 7) is 7.60. The van der Waals surface area contributed by atoms with Crippen LogP contribution in [0.2, 0.25) is 0 Å². The first-order valence-corrected chi connectivity index (χ1v) is 6.11. The molecule has 0 saturated carbocycles. The monoisotopic (exact) mass is 252 g/mol. The van der Waals surface area contributed by atoms with Crippen molar-refractivity contribution in [3.8, 4) is 0 Å². The molecule has 0 saturated heterocycles. The third kappa shape index (κ3) is 3.54. The van der Waals surface area contributed by atoms with Crippen molar-refractivity contribution >= 4 is 11.6 Å². The van der Waals surface area contributed by atoms with E-state index < -0.39 is 5.91 Å². The average molecular weight is 252 g/mol. The van der Waals surface area contributed by atoms with Gasteiger partial charge in [0.2, 0.25) is 0 Å². The third-order valence-electron chi connectivity index (χ3n) is 2.38. The summed E-state index contributed by atoms with van der Waals surface area (Å²) in [5.41, 5.74) is 6.44. The Morgan fingerprint density at radius 1 is 1.39 bits per heavy atom. The molecule has 0 radical (unpaired) electrons. The Labute approximate surface area is 106 Å². The van der Waals surface area contributed by atoms with Crippen LogP contribution >= 0.6 is 0 Å². The molecule has 1 amide bonds. The van der Waals surface area contributed by atoms with Gasteiger partial charge in [-0.05, 0) is 19.8 Å². The van der Waals surface area contributed by atoms with E-state index in [1.165, 1.54) is 0 Å². The summed E-state index contributed by atoms with van der Waals surface area (Å²) in [6, 6.07) is 0. The van der Waals surface area contributed by atoms with Gasteiger partial charge in [0, 0.05) is 13.1 Å². The van der Waals surface area contributed by atoms with Gasteiger partial charge in [0.25, 0.3) is 5.91 Å². The van der Waals surface area contributed by atoms with E-state index in [9.17, 15) is 4.79 Å². The number of aryl methyl sites for hydroxylation is 1.